The van der Waals surface area contributed by atoms with Crippen LogP contribution in [-0.4, -0.2) is 86.7 Å². The largest absolute Gasteiger partial charge is 0.336 e. The summed E-state index contributed by atoms with van der Waals surface area (Å²) < 4.78 is 24.4. The average Bonchev–Trinajstić information content (AvgIpc) is 2.51. The second-order valence-electron chi connectivity index (χ2n) is 6.93. The molecular formula is C15H30N4O3S. The Morgan fingerprint density at radius 2 is 1.87 bits per heavy atom. The summed E-state index contributed by atoms with van der Waals surface area (Å²) in [6.45, 7) is 8.94. The molecule has 2 saturated heterocycles. The zero-order valence-electron chi connectivity index (χ0n) is 14.5. The lowest BCUT2D eigenvalue weighted by Crippen LogP contribution is -2.54. The molecule has 2 heterocycles. The number of amides is 2. The molecule has 2 fully saturated rings. The second kappa shape index (κ2) is 7.81. The van der Waals surface area contributed by atoms with Crippen LogP contribution in [0.15, 0.2) is 0 Å². The Hall–Kier alpha value is -0.860. The molecule has 134 valence electrons. The molecule has 0 bridgehead atoms. The van der Waals surface area contributed by atoms with Gasteiger partial charge in [-0.25, -0.2) is 13.2 Å². The van der Waals surface area contributed by atoms with Gasteiger partial charge in [-0.2, -0.15) is 4.31 Å². The number of rotatable bonds is 4. The predicted molar refractivity (Wildman–Crippen MR) is 90.8 cm³/mol. The minimum absolute atomic E-state index is 0.0879. The monoisotopic (exact) mass is 346 g/mol. The number of nitrogens with zero attached hydrogens (tertiary/aromatic N) is 3. The zero-order chi connectivity index (χ0) is 17.0. The number of nitrogens with one attached hydrogen (secondary N) is 1. The number of sulfonamides is 1. The number of likely N-dealkylation sites (tertiary alicyclic amines) is 1. The lowest BCUT2D eigenvalue weighted by molar-refractivity contribution is 0.132. The van der Waals surface area contributed by atoms with E-state index in [9.17, 15) is 13.2 Å². The molecule has 8 heteroatoms. The zero-order valence-corrected chi connectivity index (χ0v) is 15.3. The van der Waals surface area contributed by atoms with Crippen LogP contribution in [0.1, 0.15) is 26.7 Å². The average molecular weight is 346 g/mol. The molecular weight excluding hydrogens is 316 g/mol. The van der Waals surface area contributed by atoms with E-state index in [1.165, 1.54) is 23.4 Å². The smallest absolute Gasteiger partial charge is 0.317 e. The first kappa shape index (κ1) is 18.5. The molecule has 0 saturated carbocycles. The minimum atomic E-state index is -3.15. The maximum absolute atomic E-state index is 12.2. The molecule has 2 aliphatic heterocycles. The molecule has 2 amide bonds. The van der Waals surface area contributed by atoms with Crippen molar-refractivity contribution in [2.45, 2.75) is 32.7 Å². The predicted octanol–water partition coefficient (Wildman–Crippen LogP) is 0.394. The van der Waals surface area contributed by atoms with Crippen LogP contribution in [-0.2, 0) is 10.0 Å². The standard InChI is InChI=1S/C15H30N4O3S/c1-13-5-4-6-18(12-13)14(2)11-16-15(20)17-7-9-19(10-8-17)23(3,21)22/h13-14H,4-12H2,1-3H3,(H,16,20)/t13-,14+/m1/s1. The van der Waals surface area contributed by atoms with Gasteiger partial charge >= 0.3 is 6.03 Å². The molecule has 0 spiro atoms. The van der Waals surface area contributed by atoms with E-state index in [1.807, 2.05) is 0 Å². The number of carbonyl (C=O) groups is 1. The maximum Gasteiger partial charge on any atom is 0.317 e. The van der Waals surface area contributed by atoms with E-state index < -0.39 is 10.0 Å². The third-order valence-electron chi connectivity index (χ3n) is 4.86. The minimum Gasteiger partial charge on any atom is -0.336 e. The Labute approximate surface area is 140 Å². The van der Waals surface area contributed by atoms with Gasteiger partial charge in [-0.05, 0) is 32.2 Å². The van der Waals surface area contributed by atoms with E-state index in [1.54, 1.807) is 4.90 Å². The lowest BCUT2D eigenvalue weighted by Gasteiger charge is -2.36. The molecule has 2 rings (SSSR count). The third-order valence-corrected chi connectivity index (χ3v) is 6.16. The topological polar surface area (TPSA) is 73.0 Å². The second-order valence-corrected chi connectivity index (χ2v) is 8.91. The highest BCUT2D eigenvalue weighted by Gasteiger charge is 2.27. The molecule has 0 radical (unpaired) electrons. The molecule has 0 aromatic carbocycles. The van der Waals surface area contributed by atoms with E-state index in [0.717, 1.165) is 19.0 Å². The number of urea groups is 1. The number of hydrogen-bond donors (Lipinski definition) is 1. The van der Waals surface area contributed by atoms with Crippen LogP contribution in [0.25, 0.3) is 0 Å². The van der Waals surface area contributed by atoms with Crippen molar-refractivity contribution in [1.82, 2.24) is 19.4 Å². The Morgan fingerprint density at radius 3 is 2.43 bits per heavy atom. The highest BCUT2D eigenvalue weighted by Crippen LogP contribution is 2.17. The summed E-state index contributed by atoms with van der Waals surface area (Å²) in [6, 6.07) is 0.245. The molecule has 0 aromatic rings. The van der Waals surface area contributed by atoms with Crippen molar-refractivity contribution in [3.8, 4) is 0 Å². The molecule has 2 aliphatic rings. The van der Waals surface area contributed by atoms with Crippen molar-refractivity contribution in [2.24, 2.45) is 5.92 Å². The summed E-state index contributed by atoms with van der Waals surface area (Å²) in [5.74, 6) is 0.728. The quantitative estimate of drug-likeness (QED) is 0.799. The number of piperazine rings is 1. The molecule has 7 nitrogen and oxygen atoms in total. The SMILES string of the molecule is C[C@@H]1CCCN([C@@H](C)CNC(=O)N2CCN(S(C)(=O)=O)CC2)C1. The van der Waals surface area contributed by atoms with Gasteiger partial charge in [-0.1, -0.05) is 6.92 Å². The summed E-state index contributed by atoms with van der Waals surface area (Å²) in [4.78, 5) is 16.4. The van der Waals surface area contributed by atoms with E-state index in [0.29, 0.717) is 38.8 Å². The van der Waals surface area contributed by atoms with Crippen molar-refractivity contribution in [3.05, 3.63) is 0 Å². The Balaban J connectivity index is 1.73. The van der Waals surface area contributed by atoms with Crippen molar-refractivity contribution in [2.75, 3.05) is 52.1 Å². The van der Waals surface area contributed by atoms with Gasteiger partial charge in [-0.15, -0.1) is 0 Å². The van der Waals surface area contributed by atoms with Gasteiger partial charge in [0.25, 0.3) is 0 Å². The van der Waals surface area contributed by atoms with Crippen LogP contribution >= 0.6 is 0 Å². The fourth-order valence-electron chi connectivity index (χ4n) is 3.32. The summed E-state index contributed by atoms with van der Waals surface area (Å²) in [7, 11) is -3.15. The number of hydrogen-bond acceptors (Lipinski definition) is 4. The van der Waals surface area contributed by atoms with Crippen LogP contribution < -0.4 is 5.32 Å². The number of piperidine rings is 1. The lowest BCUT2D eigenvalue weighted by atomic mass is 9.99. The highest BCUT2D eigenvalue weighted by molar-refractivity contribution is 7.88. The Bertz CT molecular complexity index is 503. The molecule has 0 aliphatic carbocycles. The van der Waals surface area contributed by atoms with E-state index in [2.05, 4.69) is 24.1 Å². The van der Waals surface area contributed by atoms with Gasteiger partial charge in [-0.3, -0.25) is 4.90 Å². The van der Waals surface area contributed by atoms with Gasteiger partial charge in [0, 0.05) is 45.3 Å². The van der Waals surface area contributed by atoms with Crippen LogP contribution in [0.2, 0.25) is 0 Å². The van der Waals surface area contributed by atoms with Crippen LogP contribution in [0.3, 0.4) is 0 Å². The van der Waals surface area contributed by atoms with E-state index >= 15 is 0 Å². The molecule has 2 atom stereocenters. The van der Waals surface area contributed by atoms with Crippen LogP contribution in [0.5, 0.6) is 0 Å². The van der Waals surface area contributed by atoms with Crippen LogP contribution in [0.4, 0.5) is 4.79 Å². The van der Waals surface area contributed by atoms with Gasteiger partial charge in [0.05, 0.1) is 6.26 Å². The van der Waals surface area contributed by atoms with Crippen molar-refractivity contribution < 1.29 is 13.2 Å². The fourth-order valence-corrected chi connectivity index (χ4v) is 4.15. The Kier molecular flexibility index (Phi) is 6.27. The van der Waals surface area contributed by atoms with Crippen molar-refractivity contribution >= 4 is 16.1 Å². The molecule has 1 N–H and O–H groups in total. The van der Waals surface area contributed by atoms with E-state index in [-0.39, 0.29) is 6.03 Å². The van der Waals surface area contributed by atoms with Gasteiger partial charge in [0.2, 0.25) is 10.0 Å². The molecule has 23 heavy (non-hydrogen) atoms. The van der Waals surface area contributed by atoms with Gasteiger partial charge in [0.1, 0.15) is 0 Å². The highest BCUT2D eigenvalue weighted by atomic mass is 32.2. The third kappa shape index (κ3) is 5.32. The molecule has 0 unspecified atom stereocenters. The summed E-state index contributed by atoms with van der Waals surface area (Å²) in [5, 5.41) is 3.00. The van der Waals surface area contributed by atoms with Gasteiger partial charge in [0.15, 0.2) is 0 Å². The first-order valence-corrected chi connectivity index (χ1v) is 10.3. The van der Waals surface area contributed by atoms with Crippen molar-refractivity contribution in [1.29, 1.82) is 0 Å². The molecule has 0 aromatic heterocycles. The summed E-state index contributed by atoms with van der Waals surface area (Å²) in [6.07, 6.45) is 3.73. The first-order chi connectivity index (χ1) is 10.8. The van der Waals surface area contributed by atoms with Gasteiger partial charge < -0.3 is 10.2 Å². The summed E-state index contributed by atoms with van der Waals surface area (Å²) >= 11 is 0. The van der Waals surface area contributed by atoms with Crippen LogP contribution in [0, 0.1) is 5.92 Å². The first-order valence-electron chi connectivity index (χ1n) is 8.49. The maximum atomic E-state index is 12.2. The Morgan fingerprint density at radius 1 is 1.22 bits per heavy atom. The normalized spacial score (nSPS) is 26.0. The van der Waals surface area contributed by atoms with E-state index in [4.69, 9.17) is 0 Å². The summed E-state index contributed by atoms with van der Waals surface area (Å²) in [5.41, 5.74) is 0. The fraction of sp³-hybridized carbons (Fsp3) is 0.933. The number of carbonyl (C=O) groups excluding carboxylic acids is 1. The van der Waals surface area contributed by atoms with Crippen molar-refractivity contribution in [3.63, 3.8) is 0 Å².